The lowest BCUT2D eigenvalue weighted by atomic mass is 10.1. The van der Waals surface area contributed by atoms with Gasteiger partial charge < -0.3 is 5.32 Å². The maximum absolute atomic E-state index is 10.9. The third-order valence-corrected chi connectivity index (χ3v) is 2.67. The maximum Gasteiger partial charge on any atom is 0.310 e. The summed E-state index contributed by atoms with van der Waals surface area (Å²) in [4.78, 5) is 14.2. The maximum atomic E-state index is 10.9. The Morgan fingerprint density at radius 3 is 2.67 bits per heavy atom. The van der Waals surface area contributed by atoms with E-state index >= 15 is 0 Å². The lowest BCUT2D eigenvalue weighted by Gasteiger charge is -2.15. The molecule has 1 unspecified atom stereocenters. The highest BCUT2D eigenvalue weighted by Gasteiger charge is 2.15. The number of anilines is 1. The molecule has 0 fully saturated rings. The van der Waals surface area contributed by atoms with Crippen molar-refractivity contribution in [2.45, 2.75) is 13.0 Å². The molecule has 1 atom stereocenters. The van der Waals surface area contributed by atoms with Gasteiger partial charge in [-0.05, 0) is 18.6 Å². The lowest BCUT2D eigenvalue weighted by molar-refractivity contribution is -0.384. The van der Waals surface area contributed by atoms with Crippen molar-refractivity contribution in [1.29, 1.82) is 0 Å². The first-order chi connectivity index (χ1) is 8.68. The number of hydrogen-bond acceptors (Lipinski definition) is 4. The third-order valence-electron chi connectivity index (χ3n) is 2.67. The minimum absolute atomic E-state index is 0.00713. The average Bonchev–Trinajstić information content (AvgIpc) is 2.40. The van der Waals surface area contributed by atoms with Crippen molar-refractivity contribution >= 4 is 11.4 Å². The molecule has 5 nitrogen and oxygen atoms in total. The van der Waals surface area contributed by atoms with Crippen LogP contribution in [0, 0.1) is 10.1 Å². The molecule has 2 rings (SSSR count). The smallest absolute Gasteiger partial charge is 0.310 e. The molecule has 0 aliphatic carbocycles. The normalized spacial score (nSPS) is 11.8. The SMILES string of the molecule is CC(Nc1ccncc1[N+](=O)[O-])c1ccccc1. The quantitative estimate of drug-likeness (QED) is 0.661. The minimum Gasteiger partial charge on any atom is -0.373 e. The average molecular weight is 243 g/mol. The molecule has 0 aliphatic rings. The zero-order valence-corrected chi connectivity index (χ0v) is 9.91. The fourth-order valence-corrected chi connectivity index (χ4v) is 1.71. The van der Waals surface area contributed by atoms with Crippen molar-refractivity contribution < 1.29 is 4.92 Å². The van der Waals surface area contributed by atoms with Crippen molar-refractivity contribution in [3.63, 3.8) is 0 Å². The molecule has 1 aromatic heterocycles. The number of hydrogen-bond donors (Lipinski definition) is 1. The summed E-state index contributed by atoms with van der Waals surface area (Å²) in [6.07, 6.45) is 2.78. The number of nitrogens with zero attached hydrogens (tertiary/aromatic N) is 2. The summed E-state index contributed by atoms with van der Waals surface area (Å²) >= 11 is 0. The van der Waals surface area contributed by atoms with E-state index in [4.69, 9.17) is 0 Å². The van der Waals surface area contributed by atoms with E-state index in [1.165, 1.54) is 12.4 Å². The number of benzene rings is 1. The third kappa shape index (κ3) is 2.63. The van der Waals surface area contributed by atoms with E-state index in [2.05, 4.69) is 10.3 Å². The van der Waals surface area contributed by atoms with Crippen molar-refractivity contribution in [1.82, 2.24) is 4.98 Å². The molecule has 92 valence electrons. The minimum atomic E-state index is -0.437. The summed E-state index contributed by atoms with van der Waals surface area (Å²) in [5.74, 6) is 0. The molecule has 0 aliphatic heterocycles. The van der Waals surface area contributed by atoms with Crippen LogP contribution in [0.4, 0.5) is 11.4 Å². The Hall–Kier alpha value is -2.43. The number of nitro groups is 1. The molecule has 0 radical (unpaired) electrons. The van der Waals surface area contributed by atoms with Gasteiger partial charge in [0.25, 0.3) is 0 Å². The van der Waals surface area contributed by atoms with Crippen LogP contribution in [0.5, 0.6) is 0 Å². The van der Waals surface area contributed by atoms with Gasteiger partial charge in [0.15, 0.2) is 0 Å². The Morgan fingerprint density at radius 1 is 1.28 bits per heavy atom. The highest BCUT2D eigenvalue weighted by atomic mass is 16.6. The zero-order chi connectivity index (χ0) is 13.0. The van der Waals surface area contributed by atoms with E-state index in [9.17, 15) is 10.1 Å². The van der Waals surface area contributed by atoms with Gasteiger partial charge in [0.1, 0.15) is 11.9 Å². The zero-order valence-electron chi connectivity index (χ0n) is 9.91. The predicted molar refractivity (Wildman–Crippen MR) is 69.4 cm³/mol. The van der Waals surface area contributed by atoms with E-state index in [1.807, 2.05) is 37.3 Å². The molecule has 0 bridgehead atoms. The van der Waals surface area contributed by atoms with E-state index in [0.29, 0.717) is 5.69 Å². The summed E-state index contributed by atoms with van der Waals surface area (Å²) in [5.41, 5.74) is 1.54. The van der Waals surface area contributed by atoms with Crippen molar-refractivity contribution in [3.05, 3.63) is 64.5 Å². The van der Waals surface area contributed by atoms with E-state index in [0.717, 1.165) is 5.56 Å². The van der Waals surface area contributed by atoms with Crippen LogP contribution in [0.25, 0.3) is 0 Å². The molecular formula is C13H13N3O2. The van der Waals surface area contributed by atoms with E-state index in [1.54, 1.807) is 6.07 Å². The van der Waals surface area contributed by atoms with Crippen LogP contribution >= 0.6 is 0 Å². The predicted octanol–water partition coefficient (Wildman–Crippen LogP) is 3.16. The first kappa shape index (κ1) is 12.0. The summed E-state index contributed by atoms with van der Waals surface area (Å²) in [5, 5.41) is 14.0. The van der Waals surface area contributed by atoms with Crippen LogP contribution in [0.1, 0.15) is 18.5 Å². The van der Waals surface area contributed by atoms with Gasteiger partial charge in [0.05, 0.1) is 4.92 Å². The number of nitrogens with one attached hydrogen (secondary N) is 1. The van der Waals surface area contributed by atoms with Gasteiger partial charge in [-0.1, -0.05) is 30.3 Å². The van der Waals surface area contributed by atoms with Crippen LogP contribution in [0.15, 0.2) is 48.8 Å². The Kier molecular flexibility index (Phi) is 3.52. The second kappa shape index (κ2) is 5.27. The molecule has 1 N–H and O–H groups in total. The molecule has 0 saturated heterocycles. The summed E-state index contributed by atoms with van der Waals surface area (Å²) in [6, 6.07) is 11.4. The van der Waals surface area contributed by atoms with Crippen LogP contribution < -0.4 is 5.32 Å². The van der Waals surface area contributed by atoms with Crippen LogP contribution in [0.2, 0.25) is 0 Å². The Labute approximate surface area is 105 Å². The molecule has 0 spiro atoms. The summed E-state index contributed by atoms with van der Waals surface area (Å²) in [6.45, 7) is 1.96. The van der Waals surface area contributed by atoms with Crippen molar-refractivity contribution in [2.24, 2.45) is 0 Å². The first-order valence-electron chi connectivity index (χ1n) is 5.58. The number of pyridine rings is 1. The second-order valence-electron chi connectivity index (χ2n) is 3.93. The number of rotatable bonds is 4. The van der Waals surface area contributed by atoms with Gasteiger partial charge in [0.2, 0.25) is 0 Å². The largest absolute Gasteiger partial charge is 0.373 e. The van der Waals surface area contributed by atoms with Gasteiger partial charge in [-0.25, -0.2) is 0 Å². The van der Waals surface area contributed by atoms with Gasteiger partial charge in [-0.3, -0.25) is 15.1 Å². The van der Waals surface area contributed by atoms with Gasteiger partial charge in [-0.2, -0.15) is 0 Å². The highest BCUT2D eigenvalue weighted by Crippen LogP contribution is 2.26. The molecule has 5 heteroatoms. The Morgan fingerprint density at radius 2 is 2.00 bits per heavy atom. The highest BCUT2D eigenvalue weighted by molar-refractivity contribution is 5.60. The van der Waals surface area contributed by atoms with Gasteiger partial charge in [-0.15, -0.1) is 0 Å². The lowest BCUT2D eigenvalue weighted by Crippen LogP contribution is -2.08. The summed E-state index contributed by atoms with van der Waals surface area (Å²) in [7, 11) is 0. The fraction of sp³-hybridized carbons (Fsp3) is 0.154. The van der Waals surface area contributed by atoms with Crippen LogP contribution in [0.3, 0.4) is 0 Å². The number of aromatic nitrogens is 1. The fourth-order valence-electron chi connectivity index (χ4n) is 1.71. The van der Waals surface area contributed by atoms with E-state index in [-0.39, 0.29) is 11.7 Å². The molecule has 2 aromatic rings. The molecule has 1 heterocycles. The molecule has 1 aromatic carbocycles. The topological polar surface area (TPSA) is 68.1 Å². The summed E-state index contributed by atoms with van der Waals surface area (Å²) < 4.78 is 0. The molecule has 18 heavy (non-hydrogen) atoms. The standard InChI is InChI=1S/C13H13N3O2/c1-10(11-5-3-2-4-6-11)15-12-7-8-14-9-13(12)16(17)18/h2-10H,1H3,(H,14,15). The monoisotopic (exact) mass is 243 g/mol. The second-order valence-corrected chi connectivity index (χ2v) is 3.93. The van der Waals surface area contributed by atoms with Gasteiger partial charge in [0, 0.05) is 12.2 Å². The molecule has 0 saturated carbocycles. The molecular weight excluding hydrogens is 230 g/mol. The Bertz CT molecular complexity index is 543. The van der Waals surface area contributed by atoms with E-state index < -0.39 is 4.92 Å². The van der Waals surface area contributed by atoms with Crippen LogP contribution in [-0.4, -0.2) is 9.91 Å². The van der Waals surface area contributed by atoms with Crippen LogP contribution in [-0.2, 0) is 0 Å². The van der Waals surface area contributed by atoms with Crippen molar-refractivity contribution in [2.75, 3.05) is 5.32 Å². The molecule has 0 amide bonds. The first-order valence-corrected chi connectivity index (χ1v) is 5.58. The Balaban J connectivity index is 2.22. The van der Waals surface area contributed by atoms with Gasteiger partial charge >= 0.3 is 5.69 Å². The van der Waals surface area contributed by atoms with Crippen molar-refractivity contribution in [3.8, 4) is 0 Å².